The van der Waals surface area contributed by atoms with Crippen LogP contribution in [0.4, 0.5) is 0 Å². The van der Waals surface area contributed by atoms with Gasteiger partial charge in [0.1, 0.15) is 0 Å². The molecular weight excluding hydrogens is 260 g/mol. The van der Waals surface area contributed by atoms with E-state index in [2.05, 4.69) is 0 Å². The van der Waals surface area contributed by atoms with E-state index in [1.54, 1.807) is 0 Å². The smallest absolute Gasteiger partial charge is 0.333 e. The molecule has 0 spiro atoms. The zero-order chi connectivity index (χ0) is 15.2. The van der Waals surface area contributed by atoms with Crippen LogP contribution in [0.5, 0.6) is 0 Å². The Labute approximate surface area is 108 Å². The van der Waals surface area contributed by atoms with Crippen LogP contribution in [0, 0.1) is 11.3 Å². The highest BCUT2D eigenvalue weighted by atomic mass is 16.4. The van der Waals surface area contributed by atoms with E-state index < -0.39 is 35.2 Å². The molecule has 0 aliphatic rings. The van der Waals surface area contributed by atoms with E-state index in [9.17, 15) is 19.2 Å². The fraction of sp³-hybridized carbons (Fsp3) is 0.636. The van der Waals surface area contributed by atoms with Crippen molar-refractivity contribution in [3.05, 3.63) is 0 Å². The lowest BCUT2D eigenvalue weighted by molar-refractivity contribution is -0.186. The lowest BCUT2D eigenvalue weighted by Gasteiger charge is -2.26. The SMILES string of the molecule is CCCCCC(C(=O)O)C(C(=O)O)(C(=O)O)C(=O)O. The number of rotatable bonds is 9. The number of aliphatic carboxylic acids is 4. The zero-order valence-electron chi connectivity index (χ0n) is 10.3. The van der Waals surface area contributed by atoms with Crippen LogP contribution in [0.2, 0.25) is 0 Å². The molecule has 4 N–H and O–H groups in total. The minimum Gasteiger partial charge on any atom is -0.481 e. The van der Waals surface area contributed by atoms with E-state index in [0.717, 1.165) is 0 Å². The molecule has 0 saturated heterocycles. The Balaban J connectivity index is 5.62. The van der Waals surface area contributed by atoms with E-state index in [-0.39, 0.29) is 12.8 Å². The zero-order valence-corrected chi connectivity index (χ0v) is 10.3. The van der Waals surface area contributed by atoms with Gasteiger partial charge in [-0.15, -0.1) is 0 Å². The molecule has 0 amide bonds. The topological polar surface area (TPSA) is 149 Å². The second-order valence-corrected chi connectivity index (χ2v) is 4.11. The highest BCUT2D eigenvalue weighted by Gasteiger charge is 2.62. The van der Waals surface area contributed by atoms with Gasteiger partial charge in [-0.1, -0.05) is 26.2 Å². The predicted octanol–water partition coefficient (Wildman–Crippen LogP) is 0.508. The minimum absolute atomic E-state index is 0.239. The summed E-state index contributed by atoms with van der Waals surface area (Å²) < 4.78 is 0. The van der Waals surface area contributed by atoms with Gasteiger partial charge in [-0.25, -0.2) is 0 Å². The Morgan fingerprint density at radius 1 is 0.895 bits per heavy atom. The lowest BCUT2D eigenvalue weighted by atomic mass is 9.72. The third-order valence-electron chi connectivity index (χ3n) is 2.93. The van der Waals surface area contributed by atoms with Gasteiger partial charge in [0.05, 0.1) is 5.92 Å². The van der Waals surface area contributed by atoms with E-state index in [0.29, 0.717) is 12.8 Å². The van der Waals surface area contributed by atoms with Crippen molar-refractivity contribution in [1.82, 2.24) is 0 Å². The highest BCUT2D eigenvalue weighted by Crippen LogP contribution is 2.34. The molecule has 0 bridgehead atoms. The summed E-state index contributed by atoms with van der Waals surface area (Å²) in [5, 5.41) is 35.7. The molecule has 0 aromatic carbocycles. The molecule has 0 radical (unpaired) electrons. The van der Waals surface area contributed by atoms with Crippen molar-refractivity contribution in [3.63, 3.8) is 0 Å². The fourth-order valence-electron chi connectivity index (χ4n) is 1.85. The molecule has 1 atom stereocenters. The van der Waals surface area contributed by atoms with E-state index in [1.165, 1.54) is 0 Å². The standard InChI is InChI=1S/C11H16O8/c1-2-3-4-5-6(7(12)13)11(8(14)15,9(16)17)10(18)19/h6H,2-5H2,1H3,(H,12,13)(H,14,15)(H,16,17)(H,18,19). The Morgan fingerprint density at radius 2 is 1.32 bits per heavy atom. The van der Waals surface area contributed by atoms with Crippen LogP contribution in [0.3, 0.4) is 0 Å². The Hall–Kier alpha value is -2.12. The van der Waals surface area contributed by atoms with Crippen molar-refractivity contribution < 1.29 is 39.6 Å². The number of hydrogen-bond acceptors (Lipinski definition) is 4. The summed E-state index contributed by atoms with van der Waals surface area (Å²) in [5.74, 6) is -10.3. The molecule has 0 aromatic heterocycles. The van der Waals surface area contributed by atoms with Crippen LogP contribution in [0.25, 0.3) is 0 Å². The Bertz CT molecular complexity index is 350. The maximum Gasteiger partial charge on any atom is 0.333 e. The summed E-state index contributed by atoms with van der Waals surface area (Å²) in [5.41, 5.74) is -3.36. The maximum atomic E-state index is 11.1. The van der Waals surface area contributed by atoms with Gasteiger partial charge in [0.2, 0.25) is 0 Å². The molecule has 0 fully saturated rings. The number of unbranched alkanes of at least 4 members (excludes halogenated alkanes) is 2. The second kappa shape index (κ2) is 6.72. The second-order valence-electron chi connectivity index (χ2n) is 4.11. The van der Waals surface area contributed by atoms with E-state index >= 15 is 0 Å². The fourth-order valence-corrected chi connectivity index (χ4v) is 1.85. The average Bonchev–Trinajstić information content (AvgIpc) is 2.26. The van der Waals surface area contributed by atoms with Gasteiger partial charge >= 0.3 is 23.9 Å². The number of carboxylic acid groups (broad SMARTS) is 4. The highest BCUT2D eigenvalue weighted by molar-refractivity contribution is 6.18. The van der Waals surface area contributed by atoms with Gasteiger partial charge in [-0.3, -0.25) is 19.2 Å². The molecular formula is C11H16O8. The predicted molar refractivity (Wildman–Crippen MR) is 60.6 cm³/mol. The molecule has 1 unspecified atom stereocenters. The van der Waals surface area contributed by atoms with Gasteiger partial charge < -0.3 is 20.4 Å². The van der Waals surface area contributed by atoms with Gasteiger partial charge in [-0.05, 0) is 6.42 Å². The monoisotopic (exact) mass is 276 g/mol. The molecule has 8 nitrogen and oxygen atoms in total. The molecule has 0 aromatic rings. The van der Waals surface area contributed by atoms with Crippen molar-refractivity contribution in [2.24, 2.45) is 11.3 Å². The third kappa shape index (κ3) is 3.21. The number of carbonyl (C=O) groups is 4. The normalized spacial score (nSPS) is 12.7. The summed E-state index contributed by atoms with van der Waals surface area (Å²) in [7, 11) is 0. The van der Waals surface area contributed by atoms with Gasteiger partial charge in [-0.2, -0.15) is 0 Å². The van der Waals surface area contributed by atoms with Crippen LogP contribution in [-0.2, 0) is 19.2 Å². The number of hydrogen-bond donors (Lipinski definition) is 4. The van der Waals surface area contributed by atoms with Gasteiger partial charge in [0.15, 0.2) is 0 Å². The van der Waals surface area contributed by atoms with E-state index in [4.69, 9.17) is 20.4 Å². The molecule has 0 aliphatic heterocycles. The van der Waals surface area contributed by atoms with E-state index in [1.807, 2.05) is 6.92 Å². The molecule has 0 rings (SSSR count). The molecule has 0 heterocycles. The molecule has 0 saturated carbocycles. The van der Waals surface area contributed by atoms with Crippen molar-refractivity contribution in [2.45, 2.75) is 32.6 Å². The number of carboxylic acids is 4. The largest absolute Gasteiger partial charge is 0.481 e. The van der Waals surface area contributed by atoms with Crippen LogP contribution >= 0.6 is 0 Å². The summed E-state index contributed by atoms with van der Waals surface area (Å²) >= 11 is 0. The maximum absolute atomic E-state index is 11.1. The van der Waals surface area contributed by atoms with Gasteiger partial charge in [0, 0.05) is 0 Å². The molecule has 8 heteroatoms. The Morgan fingerprint density at radius 3 is 1.58 bits per heavy atom. The quantitative estimate of drug-likeness (QED) is 0.351. The lowest BCUT2D eigenvalue weighted by Crippen LogP contribution is -2.54. The summed E-state index contributed by atoms with van der Waals surface area (Å²) in [6, 6.07) is 0. The van der Waals surface area contributed by atoms with Crippen molar-refractivity contribution in [1.29, 1.82) is 0 Å². The average molecular weight is 276 g/mol. The summed E-state index contributed by atoms with van der Waals surface area (Å²) in [6.45, 7) is 1.81. The first-order valence-electron chi connectivity index (χ1n) is 5.65. The molecule has 108 valence electrons. The third-order valence-corrected chi connectivity index (χ3v) is 2.93. The van der Waals surface area contributed by atoms with Crippen LogP contribution in [-0.4, -0.2) is 44.3 Å². The van der Waals surface area contributed by atoms with Crippen LogP contribution < -0.4 is 0 Å². The summed E-state index contributed by atoms with van der Waals surface area (Å²) in [6.07, 6.45) is 1.17. The van der Waals surface area contributed by atoms with Crippen molar-refractivity contribution >= 4 is 23.9 Å². The van der Waals surface area contributed by atoms with Crippen LogP contribution in [0.15, 0.2) is 0 Å². The first-order chi connectivity index (χ1) is 8.72. The van der Waals surface area contributed by atoms with Crippen molar-refractivity contribution in [3.8, 4) is 0 Å². The van der Waals surface area contributed by atoms with Crippen molar-refractivity contribution in [2.75, 3.05) is 0 Å². The Kier molecular flexibility index (Phi) is 5.97. The molecule has 19 heavy (non-hydrogen) atoms. The summed E-state index contributed by atoms with van der Waals surface area (Å²) in [4.78, 5) is 44.2. The first kappa shape index (κ1) is 16.9. The first-order valence-corrected chi connectivity index (χ1v) is 5.65. The van der Waals surface area contributed by atoms with Crippen LogP contribution in [0.1, 0.15) is 32.6 Å². The van der Waals surface area contributed by atoms with Gasteiger partial charge in [0.25, 0.3) is 5.41 Å². The minimum atomic E-state index is -3.36. The molecule has 0 aliphatic carbocycles.